The average molecular weight is 336 g/mol. The van der Waals surface area contributed by atoms with Crippen molar-refractivity contribution in [3.05, 3.63) is 29.8 Å². The van der Waals surface area contributed by atoms with Gasteiger partial charge in [-0.05, 0) is 30.5 Å². The lowest BCUT2D eigenvalue weighted by Crippen LogP contribution is -2.09. The summed E-state index contributed by atoms with van der Waals surface area (Å²) in [6, 6.07) is 8.23. The van der Waals surface area contributed by atoms with E-state index < -0.39 is 5.97 Å². The van der Waals surface area contributed by atoms with Crippen molar-refractivity contribution in [1.82, 2.24) is 0 Å². The number of unbranched alkanes of at least 4 members (excludes halogenated alkanes) is 6. The molecule has 0 heterocycles. The largest absolute Gasteiger partial charge is 0.491 e. The van der Waals surface area contributed by atoms with Crippen molar-refractivity contribution in [2.24, 2.45) is 0 Å². The van der Waals surface area contributed by atoms with E-state index in [-0.39, 0.29) is 13.0 Å². The van der Waals surface area contributed by atoms with Crippen LogP contribution in [0.25, 0.3) is 0 Å². The van der Waals surface area contributed by atoms with E-state index in [1.54, 1.807) is 0 Å². The van der Waals surface area contributed by atoms with Gasteiger partial charge >= 0.3 is 5.97 Å². The van der Waals surface area contributed by atoms with Crippen LogP contribution >= 0.6 is 0 Å². The third-order valence-electron chi connectivity index (χ3n) is 3.95. The number of benzene rings is 1. The van der Waals surface area contributed by atoms with Crippen LogP contribution in [0.15, 0.2) is 24.3 Å². The minimum atomic E-state index is -0.840. The second-order valence-electron chi connectivity index (χ2n) is 6.12. The summed E-state index contributed by atoms with van der Waals surface area (Å²) in [4.78, 5) is 10.3. The standard InChI is InChI=1S/C20H32O4/c1-2-3-4-5-6-7-8-9-18-10-12-19(13-11-18)24-17-16-23-15-14-20(21)22/h10-13H,2-9,14-17H2,1H3,(H,21,22). The number of carboxylic acid groups (broad SMARTS) is 1. The first-order valence-corrected chi connectivity index (χ1v) is 9.23. The predicted molar refractivity (Wildman–Crippen MR) is 96.7 cm³/mol. The van der Waals surface area contributed by atoms with E-state index >= 15 is 0 Å². The Bertz CT molecular complexity index is 428. The molecule has 0 atom stereocenters. The van der Waals surface area contributed by atoms with Crippen LogP contribution in [0.5, 0.6) is 5.75 Å². The van der Waals surface area contributed by atoms with Crippen LogP contribution in [0.2, 0.25) is 0 Å². The first-order valence-electron chi connectivity index (χ1n) is 9.23. The zero-order chi connectivity index (χ0) is 17.5. The molecular formula is C20H32O4. The van der Waals surface area contributed by atoms with Gasteiger partial charge in [0.15, 0.2) is 0 Å². The van der Waals surface area contributed by atoms with Crippen LogP contribution in [-0.2, 0) is 16.0 Å². The number of aryl methyl sites for hydroxylation is 1. The van der Waals surface area contributed by atoms with E-state index in [1.165, 1.54) is 50.5 Å². The molecule has 0 aliphatic heterocycles. The fraction of sp³-hybridized carbons (Fsp3) is 0.650. The van der Waals surface area contributed by atoms with Gasteiger partial charge in [-0.3, -0.25) is 4.79 Å². The maximum atomic E-state index is 10.3. The normalized spacial score (nSPS) is 10.7. The van der Waals surface area contributed by atoms with Crippen LogP contribution in [0.4, 0.5) is 0 Å². The third-order valence-corrected chi connectivity index (χ3v) is 3.95. The fourth-order valence-electron chi connectivity index (χ4n) is 2.52. The molecule has 1 aromatic carbocycles. The van der Waals surface area contributed by atoms with Gasteiger partial charge in [0, 0.05) is 0 Å². The Morgan fingerprint density at radius 3 is 2.25 bits per heavy atom. The second-order valence-corrected chi connectivity index (χ2v) is 6.12. The summed E-state index contributed by atoms with van der Waals surface area (Å²) in [7, 11) is 0. The highest BCUT2D eigenvalue weighted by atomic mass is 16.5. The van der Waals surface area contributed by atoms with Crippen LogP contribution in [0.1, 0.15) is 63.9 Å². The first kappa shape index (κ1) is 20.5. The number of ether oxygens (including phenoxy) is 2. The molecule has 136 valence electrons. The molecule has 0 radical (unpaired) electrons. The van der Waals surface area contributed by atoms with Gasteiger partial charge in [0.2, 0.25) is 0 Å². The molecule has 1 N–H and O–H groups in total. The van der Waals surface area contributed by atoms with Crippen LogP contribution in [-0.4, -0.2) is 30.9 Å². The molecule has 0 bridgehead atoms. The van der Waals surface area contributed by atoms with Gasteiger partial charge in [-0.15, -0.1) is 0 Å². The zero-order valence-corrected chi connectivity index (χ0v) is 15.0. The molecule has 0 saturated carbocycles. The summed E-state index contributed by atoms with van der Waals surface area (Å²) >= 11 is 0. The maximum absolute atomic E-state index is 10.3. The topological polar surface area (TPSA) is 55.8 Å². The summed E-state index contributed by atoms with van der Waals surface area (Å²) in [5.74, 6) is -0.00684. The van der Waals surface area contributed by atoms with Crippen molar-refractivity contribution >= 4 is 5.97 Å². The highest BCUT2D eigenvalue weighted by Crippen LogP contribution is 2.15. The van der Waals surface area contributed by atoms with Crippen molar-refractivity contribution in [2.45, 2.75) is 64.7 Å². The molecule has 4 heteroatoms. The number of hydrogen-bond donors (Lipinski definition) is 1. The van der Waals surface area contributed by atoms with E-state index in [1.807, 2.05) is 12.1 Å². The molecule has 1 aromatic rings. The van der Waals surface area contributed by atoms with Crippen molar-refractivity contribution < 1.29 is 19.4 Å². The van der Waals surface area contributed by atoms with Gasteiger partial charge in [0.05, 0.1) is 19.6 Å². The molecule has 0 saturated heterocycles. The monoisotopic (exact) mass is 336 g/mol. The number of aliphatic carboxylic acids is 1. The van der Waals surface area contributed by atoms with E-state index in [2.05, 4.69) is 19.1 Å². The molecular weight excluding hydrogens is 304 g/mol. The van der Waals surface area contributed by atoms with Crippen LogP contribution in [0.3, 0.4) is 0 Å². The Labute approximate surface area is 146 Å². The zero-order valence-electron chi connectivity index (χ0n) is 15.0. The summed E-state index contributed by atoms with van der Waals surface area (Å²) in [6.07, 6.45) is 10.5. The van der Waals surface area contributed by atoms with Gasteiger partial charge in [-0.2, -0.15) is 0 Å². The summed E-state index contributed by atoms with van der Waals surface area (Å²) < 4.78 is 10.8. The number of carbonyl (C=O) groups is 1. The Balaban J connectivity index is 2.05. The van der Waals surface area contributed by atoms with E-state index in [0.717, 1.165) is 12.2 Å². The lowest BCUT2D eigenvalue weighted by atomic mass is 10.0. The van der Waals surface area contributed by atoms with Crippen molar-refractivity contribution in [3.63, 3.8) is 0 Å². The Morgan fingerprint density at radius 1 is 0.917 bits per heavy atom. The third kappa shape index (κ3) is 11.1. The highest BCUT2D eigenvalue weighted by molar-refractivity contribution is 5.66. The van der Waals surface area contributed by atoms with Gasteiger partial charge in [0.25, 0.3) is 0 Å². The number of rotatable bonds is 15. The molecule has 0 unspecified atom stereocenters. The lowest BCUT2D eigenvalue weighted by molar-refractivity contribution is -0.138. The van der Waals surface area contributed by atoms with Gasteiger partial charge < -0.3 is 14.6 Å². The van der Waals surface area contributed by atoms with Crippen LogP contribution in [0, 0.1) is 0 Å². The minimum Gasteiger partial charge on any atom is -0.491 e. The minimum absolute atomic E-state index is 0.0350. The van der Waals surface area contributed by atoms with Crippen molar-refractivity contribution in [2.75, 3.05) is 19.8 Å². The SMILES string of the molecule is CCCCCCCCCc1ccc(OCCOCCC(=O)O)cc1. The van der Waals surface area contributed by atoms with Crippen molar-refractivity contribution in [1.29, 1.82) is 0 Å². The smallest absolute Gasteiger partial charge is 0.305 e. The molecule has 24 heavy (non-hydrogen) atoms. The van der Waals surface area contributed by atoms with E-state index in [0.29, 0.717) is 13.2 Å². The van der Waals surface area contributed by atoms with E-state index in [9.17, 15) is 4.79 Å². The fourth-order valence-corrected chi connectivity index (χ4v) is 2.52. The quantitative estimate of drug-likeness (QED) is 0.465. The molecule has 0 amide bonds. The Hall–Kier alpha value is -1.55. The number of carboxylic acids is 1. The average Bonchev–Trinajstić information content (AvgIpc) is 2.58. The molecule has 0 aliphatic carbocycles. The summed E-state index contributed by atoms with van der Waals surface area (Å²) in [5.41, 5.74) is 1.36. The van der Waals surface area contributed by atoms with Crippen molar-refractivity contribution in [3.8, 4) is 5.75 Å². The highest BCUT2D eigenvalue weighted by Gasteiger charge is 1.99. The number of hydrogen-bond acceptors (Lipinski definition) is 3. The molecule has 0 fully saturated rings. The summed E-state index contributed by atoms with van der Waals surface area (Å²) in [6.45, 7) is 3.33. The Kier molecular flexibility index (Phi) is 11.8. The van der Waals surface area contributed by atoms with Gasteiger partial charge in [-0.1, -0.05) is 57.6 Å². The molecule has 0 spiro atoms. The van der Waals surface area contributed by atoms with Gasteiger partial charge in [0.1, 0.15) is 12.4 Å². The van der Waals surface area contributed by atoms with E-state index in [4.69, 9.17) is 14.6 Å². The first-order chi connectivity index (χ1) is 11.7. The molecule has 4 nitrogen and oxygen atoms in total. The molecule has 0 aliphatic rings. The maximum Gasteiger partial charge on any atom is 0.305 e. The molecule has 1 rings (SSSR count). The summed E-state index contributed by atoms with van der Waals surface area (Å²) in [5, 5.41) is 8.49. The van der Waals surface area contributed by atoms with Gasteiger partial charge in [-0.25, -0.2) is 0 Å². The lowest BCUT2D eigenvalue weighted by Gasteiger charge is -2.08. The second kappa shape index (κ2) is 13.8. The Morgan fingerprint density at radius 2 is 1.58 bits per heavy atom. The van der Waals surface area contributed by atoms with Crippen LogP contribution < -0.4 is 4.74 Å². The predicted octanol–water partition coefficient (Wildman–Crippen LogP) is 4.85. The molecule has 0 aromatic heterocycles.